The van der Waals surface area contributed by atoms with Gasteiger partial charge in [0.25, 0.3) is 5.56 Å². The SMILES string of the molecule is CCCNC(=O)Cc1csc2nc(C)c(-c3cc(C)n(-c4ccc(C(C)C)cc4)n3)c(=O)n12. The summed E-state index contributed by atoms with van der Waals surface area (Å²) in [7, 11) is 0. The lowest BCUT2D eigenvalue weighted by Gasteiger charge is -2.08. The van der Waals surface area contributed by atoms with Crippen LogP contribution in [0.25, 0.3) is 21.9 Å². The minimum Gasteiger partial charge on any atom is -0.356 e. The number of thiazole rings is 1. The highest BCUT2D eigenvalue weighted by molar-refractivity contribution is 7.15. The van der Waals surface area contributed by atoms with Gasteiger partial charge in [-0.05, 0) is 49.9 Å². The average molecular weight is 464 g/mol. The number of nitrogens with zero attached hydrogens (tertiary/aromatic N) is 4. The van der Waals surface area contributed by atoms with Gasteiger partial charge >= 0.3 is 0 Å². The Morgan fingerprint density at radius 2 is 1.91 bits per heavy atom. The van der Waals surface area contributed by atoms with Crippen molar-refractivity contribution < 1.29 is 4.79 Å². The number of hydrogen-bond donors (Lipinski definition) is 1. The number of fused-ring (bicyclic) bond motifs is 1. The van der Waals surface area contributed by atoms with Gasteiger partial charge in [-0.15, -0.1) is 11.3 Å². The summed E-state index contributed by atoms with van der Waals surface area (Å²) in [4.78, 5) is 31.0. The number of aromatic nitrogens is 4. The van der Waals surface area contributed by atoms with Crippen LogP contribution in [0.5, 0.6) is 0 Å². The Kier molecular flexibility index (Phi) is 6.47. The Morgan fingerprint density at radius 3 is 2.58 bits per heavy atom. The summed E-state index contributed by atoms with van der Waals surface area (Å²) < 4.78 is 3.39. The summed E-state index contributed by atoms with van der Waals surface area (Å²) in [6, 6.07) is 10.2. The maximum atomic E-state index is 13.6. The molecular formula is C25H29N5O2S. The molecule has 0 aliphatic rings. The highest BCUT2D eigenvalue weighted by Crippen LogP contribution is 2.24. The minimum atomic E-state index is -0.197. The third kappa shape index (κ3) is 4.48. The van der Waals surface area contributed by atoms with E-state index in [0.717, 1.165) is 17.8 Å². The summed E-state index contributed by atoms with van der Waals surface area (Å²) in [6.07, 6.45) is 1.00. The van der Waals surface area contributed by atoms with Gasteiger partial charge in [0.1, 0.15) is 5.69 Å². The minimum absolute atomic E-state index is 0.101. The van der Waals surface area contributed by atoms with Crippen LogP contribution in [0, 0.1) is 13.8 Å². The quantitative estimate of drug-likeness (QED) is 0.440. The third-order valence-electron chi connectivity index (χ3n) is 5.68. The van der Waals surface area contributed by atoms with Gasteiger partial charge < -0.3 is 5.32 Å². The number of amides is 1. The molecule has 4 aromatic rings. The van der Waals surface area contributed by atoms with Crippen LogP contribution in [0.2, 0.25) is 0 Å². The number of carbonyl (C=O) groups is 1. The van der Waals surface area contributed by atoms with E-state index < -0.39 is 0 Å². The van der Waals surface area contributed by atoms with Gasteiger partial charge in [-0.25, -0.2) is 9.67 Å². The van der Waals surface area contributed by atoms with Crippen LogP contribution in [0.3, 0.4) is 0 Å². The molecule has 0 fully saturated rings. The zero-order valence-electron chi connectivity index (χ0n) is 19.7. The van der Waals surface area contributed by atoms with E-state index in [-0.39, 0.29) is 17.9 Å². The summed E-state index contributed by atoms with van der Waals surface area (Å²) >= 11 is 1.37. The smallest absolute Gasteiger partial charge is 0.268 e. The lowest BCUT2D eigenvalue weighted by Crippen LogP contribution is -2.28. The summed E-state index contributed by atoms with van der Waals surface area (Å²) in [5, 5.41) is 9.45. The van der Waals surface area contributed by atoms with E-state index in [0.29, 0.717) is 40.1 Å². The molecule has 0 aliphatic heterocycles. The average Bonchev–Trinajstić information content (AvgIpc) is 3.35. The van der Waals surface area contributed by atoms with Gasteiger partial charge in [0.05, 0.1) is 23.4 Å². The molecule has 0 radical (unpaired) electrons. The van der Waals surface area contributed by atoms with Crippen molar-refractivity contribution >= 4 is 22.2 Å². The van der Waals surface area contributed by atoms with Gasteiger partial charge in [-0.3, -0.25) is 14.0 Å². The van der Waals surface area contributed by atoms with E-state index in [2.05, 4.69) is 36.3 Å². The molecule has 3 heterocycles. The van der Waals surface area contributed by atoms with Crippen LogP contribution in [0.4, 0.5) is 0 Å². The molecule has 0 spiro atoms. The summed E-state index contributed by atoms with van der Waals surface area (Å²) in [6.45, 7) is 10.8. The van der Waals surface area contributed by atoms with Crippen molar-refractivity contribution in [2.45, 2.75) is 53.4 Å². The molecule has 8 heteroatoms. The second-order valence-corrected chi connectivity index (χ2v) is 9.41. The monoisotopic (exact) mass is 463 g/mol. The maximum absolute atomic E-state index is 13.6. The molecule has 0 unspecified atom stereocenters. The third-order valence-corrected chi connectivity index (χ3v) is 6.56. The summed E-state index contributed by atoms with van der Waals surface area (Å²) in [5.74, 6) is 0.355. The van der Waals surface area contributed by atoms with Gasteiger partial charge in [0, 0.05) is 23.3 Å². The normalized spacial score (nSPS) is 11.5. The molecule has 0 saturated heterocycles. The van der Waals surface area contributed by atoms with Gasteiger partial charge in [0.15, 0.2) is 4.96 Å². The number of rotatable bonds is 7. The zero-order valence-corrected chi connectivity index (χ0v) is 20.5. The molecule has 172 valence electrons. The zero-order chi connectivity index (χ0) is 23.7. The largest absolute Gasteiger partial charge is 0.356 e. The predicted molar refractivity (Wildman–Crippen MR) is 132 cm³/mol. The Balaban J connectivity index is 1.75. The van der Waals surface area contributed by atoms with Crippen molar-refractivity contribution in [3.8, 4) is 16.9 Å². The molecule has 1 amide bonds. The molecule has 0 saturated carbocycles. The molecule has 1 N–H and O–H groups in total. The van der Waals surface area contributed by atoms with E-state index in [1.165, 1.54) is 16.9 Å². The van der Waals surface area contributed by atoms with Crippen molar-refractivity contribution in [3.05, 3.63) is 68.7 Å². The highest BCUT2D eigenvalue weighted by atomic mass is 32.1. The van der Waals surface area contributed by atoms with Crippen LogP contribution in [0.1, 0.15) is 55.8 Å². The molecule has 0 aliphatic carbocycles. The van der Waals surface area contributed by atoms with E-state index in [9.17, 15) is 9.59 Å². The molecule has 3 aromatic heterocycles. The predicted octanol–water partition coefficient (Wildman–Crippen LogP) is 4.42. The van der Waals surface area contributed by atoms with Crippen molar-refractivity contribution in [2.24, 2.45) is 0 Å². The number of carbonyl (C=O) groups excluding carboxylic acids is 1. The fourth-order valence-corrected chi connectivity index (χ4v) is 4.80. The van der Waals surface area contributed by atoms with Crippen LogP contribution in [0.15, 0.2) is 40.5 Å². The van der Waals surface area contributed by atoms with Crippen LogP contribution in [-0.4, -0.2) is 31.6 Å². The fourth-order valence-electron chi connectivity index (χ4n) is 3.87. The first-order valence-electron chi connectivity index (χ1n) is 11.2. The standard InChI is InChI=1S/C25H29N5O2S/c1-6-11-26-22(31)13-20-14-33-25-27-17(5)23(24(32)29(20)25)21-12-16(4)30(28-21)19-9-7-18(8-10-19)15(2)3/h7-10,12,14-15H,6,11,13H2,1-5H3,(H,26,31). The van der Waals surface area contributed by atoms with Gasteiger partial charge in [-0.1, -0.05) is 32.9 Å². The lowest BCUT2D eigenvalue weighted by atomic mass is 10.0. The number of benzene rings is 1. The van der Waals surface area contributed by atoms with Crippen molar-refractivity contribution in [3.63, 3.8) is 0 Å². The molecule has 0 atom stereocenters. The van der Waals surface area contributed by atoms with Crippen LogP contribution >= 0.6 is 11.3 Å². The number of nitrogens with one attached hydrogen (secondary N) is 1. The summed E-state index contributed by atoms with van der Waals surface area (Å²) in [5.41, 5.74) is 5.25. The number of hydrogen-bond acceptors (Lipinski definition) is 5. The van der Waals surface area contributed by atoms with E-state index >= 15 is 0 Å². The molecular weight excluding hydrogens is 434 g/mol. The Bertz CT molecular complexity index is 1360. The Labute approximate surface area is 197 Å². The first-order chi connectivity index (χ1) is 15.8. The second-order valence-electron chi connectivity index (χ2n) is 8.58. The highest BCUT2D eigenvalue weighted by Gasteiger charge is 2.20. The van der Waals surface area contributed by atoms with E-state index in [1.54, 1.807) is 4.40 Å². The molecule has 7 nitrogen and oxygen atoms in total. The second kappa shape index (κ2) is 9.31. The first-order valence-corrected chi connectivity index (χ1v) is 12.1. The number of aryl methyl sites for hydroxylation is 2. The van der Waals surface area contributed by atoms with Crippen molar-refractivity contribution in [1.29, 1.82) is 0 Å². The maximum Gasteiger partial charge on any atom is 0.268 e. The first kappa shape index (κ1) is 22.9. The van der Waals surface area contributed by atoms with Gasteiger partial charge in [0.2, 0.25) is 5.91 Å². The van der Waals surface area contributed by atoms with E-state index in [1.807, 2.05) is 49.0 Å². The Hall–Kier alpha value is -3.26. The fraction of sp³-hybridized carbons (Fsp3) is 0.360. The van der Waals surface area contributed by atoms with Crippen molar-refractivity contribution in [2.75, 3.05) is 6.54 Å². The topological polar surface area (TPSA) is 81.3 Å². The van der Waals surface area contributed by atoms with E-state index in [4.69, 9.17) is 5.10 Å². The van der Waals surface area contributed by atoms with Crippen molar-refractivity contribution in [1.82, 2.24) is 24.5 Å². The molecule has 4 rings (SSSR count). The van der Waals surface area contributed by atoms with Crippen LogP contribution < -0.4 is 10.9 Å². The Morgan fingerprint density at radius 1 is 1.18 bits per heavy atom. The molecule has 1 aromatic carbocycles. The van der Waals surface area contributed by atoms with Crippen LogP contribution in [-0.2, 0) is 11.2 Å². The van der Waals surface area contributed by atoms with Gasteiger partial charge in [-0.2, -0.15) is 5.10 Å². The lowest BCUT2D eigenvalue weighted by molar-refractivity contribution is -0.120. The molecule has 33 heavy (non-hydrogen) atoms. The molecule has 0 bridgehead atoms.